The summed E-state index contributed by atoms with van der Waals surface area (Å²) in [5, 5.41) is 0. The normalized spacial score (nSPS) is 30.2. The lowest BCUT2D eigenvalue weighted by atomic mass is 9.79. The molecular formula is C8H10F4O. The van der Waals surface area contributed by atoms with Crippen LogP contribution in [0.15, 0.2) is 0 Å². The summed E-state index contributed by atoms with van der Waals surface area (Å²) in [6, 6.07) is -1.82. The van der Waals surface area contributed by atoms with Crippen LogP contribution in [0.2, 0.25) is 0 Å². The van der Waals surface area contributed by atoms with Crippen molar-refractivity contribution in [3.63, 3.8) is 0 Å². The van der Waals surface area contributed by atoms with Crippen LogP contribution in [0.4, 0.5) is 17.6 Å². The topological polar surface area (TPSA) is 17.1 Å². The molecule has 0 bridgehead atoms. The number of hydrogen-bond acceptors (Lipinski definition) is 1. The maximum absolute atomic E-state index is 12.2. The first-order valence-corrected chi connectivity index (χ1v) is 4.19. The molecule has 1 rings (SSSR count). The van der Waals surface area contributed by atoms with Gasteiger partial charge in [-0.15, -0.1) is 0 Å². The number of rotatable bonds is 1. The van der Waals surface area contributed by atoms with Gasteiger partial charge in [0.15, 0.2) is 0 Å². The minimum absolute atomic E-state index is 0.0273. The van der Waals surface area contributed by atoms with E-state index in [1.807, 2.05) is 0 Å². The zero-order valence-electron chi connectivity index (χ0n) is 6.90. The molecule has 0 heterocycles. The van der Waals surface area contributed by atoms with Crippen LogP contribution in [0.1, 0.15) is 25.7 Å². The van der Waals surface area contributed by atoms with Gasteiger partial charge in [0.2, 0.25) is 0 Å². The molecule has 0 aliphatic heterocycles. The Balaban J connectivity index is 2.73. The van der Waals surface area contributed by atoms with E-state index in [0.717, 1.165) is 0 Å². The number of alkyl halides is 3. The first-order valence-electron chi connectivity index (χ1n) is 4.19. The van der Waals surface area contributed by atoms with Crippen LogP contribution in [-0.2, 0) is 4.79 Å². The lowest BCUT2D eigenvalue weighted by molar-refractivity contribution is -0.200. The van der Waals surface area contributed by atoms with Crippen LogP contribution < -0.4 is 0 Å². The van der Waals surface area contributed by atoms with E-state index in [0.29, 0.717) is 12.8 Å². The van der Waals surface area contributed by atoms with Crippen LogP contribution in [0.25, 0.3) is 0 Å². The zero-order chi connectivity index (χ0) is 10.1. The summed E-state index contributed by atoms with van der Waals surface area (Å²) < 4.78 is 48.9. The highest BCUT2D eigenvalue weighted by Gasteiger charge is 2.48. The molecule has 0 amide bonds. The Kier molecular flexibility index (Phi) is 2.93. The molecule has 76 valence electrons. The van der Waals surface area contributed by atoms with E-state index >= 15 is 0 Å². The maximum atomic E-state index is 12.2. The quantitative estimate of drug-likeness (QED) is 0.467. The van der Waals surface area contributed by atoms with Crippen molar-refractivity contribution < 1.29 is 22.4 Å². The van der Waals surface area contributed by atoms with Gasteiger partial charge in [-0.05, 0) is 12.8 Å². The van der Waals surface area contributed by atoms with E-state index < -0.39 is 24.0 Å². The second-order valence-electron chi connectivity index (χ2n) is 3.34. The van der Waals surface area contributed by atoms with Gasteiger partial charge in [0.05, 0.1) is 11.8 Å². The third-order valence-corrected chi connectivity index (χ3v) is 2.48. The van der Waals surface area contributed by atoms with Gasteiger partial charge < -0.3 is 0 Å². The van der Waals surface area contributed by atoms with Gasteiger partial charge >= 0.3 is 12.2 Å². The monoisotopic (exact) mass is 198 g/mol. The fraction of sp³-hybridized carbons (Fsp3) is 0.875. The molecule has 0 radical (unpaired) electrons. The molecule has 0 N–H and O–H groups in total. The van der Waals surface area contributed by atoms with Crippen molar-refractivity contribution in [1.82, 2.24) is 0 Å². The molecular weight excluding hydrogens is 188 g/mol. The van der Waals surface area contributed by atoms with Crippen molar-refractivity contribution in [3.8, 4) is 0 Å². The van der Waals surface area contributed by atoms with Crippen LogP contribution in [-0.4, -0.2) is 12.2 Å². The molecule has 0 aromatic carbocycles. The Morgan fingerprint density at radius 1 is 1.15 bits per heavy atom. The summed E-state index contributed by atoms with van der Waals surface area (Å²) in [6.07, 6.45) is -3.60. The second-order valence-corrected chi connectivity index (χ2v) is 3.34. The van der Waals surface area contributed by atoms with E-state index in [1.165, 1.54) is 0 Å². The fourth-order valence-electron chi connectivity index (χ4n) is 1.79. The first kappa shape index (κ1) is 10.5. The Morgan fingerprint density at radius 2 is 1.69 bits per heavy atom. The van der Waals surface area contributed by atoms with Crippen molar-refractivity contribution in [2.45, 2.75) is 31.9 Å². The summed E-state index contributed by atoms with van der Waals surface area (Å²) in [7, 11) is 0. The van der Waals surface area contributed by atoms with E-state index in [1.54, 1.807) is 0 Å². The average molecular weight is 198 g/mol. The van der Waals surface area contributed by atoms with Crippen molar-refractivity contribution in [2.75, 3.05) is 0 Å². The van der Waals surface area contributed by atoms with Crippen LogP contribution in [0.5, 0.6) is 0 Å². The van der Waals surface area contributed by atoms with Gasteiger partial charge in [-0.3, -0.25) is 4.79 Å². The molecule has 1 saturated carbocycles. The highest BCUT2D eigenvalue weighted by atomic mass is 19.4. The van der Waals surface area contributed by atoms with E-state index in [9.17, 15) is 22.4 Å². The lowest BCUT2D eigenvalue weighted by Crippen LogP contribution is -2.35. The molecule has 0 aromatic heterocycles. The number of hydrogen-bond donors (Lipinski definition) is 0. The summed E-state index contributed by atoms with van der Waals surface area (Å²) in [5.41, 5.74) is 0. The van der Waals surface area contributed by atoms with Gasteiger partial charge in [0, 0.05) is 0 Å². The van der Waals surface area contributed by atoms with Gasteiger partial charge in [-0.2, -0.15) is 17.6 Å². The Hall–Kier alpha value is -0.610. The highest BCUT2D eigenvalue weighted by Crippen LogP contribution is 2.41. The van der Waals surface area contributed by atoms with Crippen molar-refractivity contribution in [3.05, 3.63) is 0 Å². The van der Waals surface area contributed by atoms with Crippen molar-refractivity contribution >= 4 is 6.04 Å². The summed E-state index contributed by atoms with van der Waals surface area (Å²) in [5.74, 6) is -3.22. The Morgan fingerprint density at radius 3 is 2.08 bits per heavy atom. The smallest absolute Gasteiger partial charge is 0.261 e. The summed E-state index contributed by atoms with van der Waals surface area (Å²) in [4.78, 5) is 10.3. The van der Waals surface area contributed by atoms with Crippen LogP contribution in [0.3, 0.4) is 0 Å². The predicted molar refractivity (Wildman–Crippen MR) is 37.6 cm³/mol. The average Bonchev–Trinajstić information content (AvgIpc) is 2.03. The summed E-state index contributed by atoms with van der Waals surface area (Å²) >= 11 is 0. The molecule has 1 aliphatic rings. The standard InChI is InChI=1S/C8H10F4O/c9-7(13)5-3-1-2-4-6(5)8(10,11)12/h5-6H,1-4H2/t5-,6-/m0/s1. The van der Waals surface area contributed by atoms with Gasteiger partial charge in [-0.1, -0.05) is 12.8 Å². The first-order chi connectivity index (χ1) is 5.93. The molecule has 0 aromatic rings. The molecule has 2 atom stereocenters. The van der Waals surface area contributed by atoms with E-state index in [2.05, 4.69) is 0 Å². The van der Waals surface area contributed by atoms with Crippen LogP contribution >= 0.6 is 0 Å². The SMILES string of the molecule is O=C(F)[C@H]1CCCC[C@@H]1C(F)(F)F. The molecule has 1 nitrogen and oxygen atoms in total. The Bertz CT molecular complexity index is 199. The number of carbonyl (C=O) groups excluding carboxylic acids is 1. The molecule has 5 heteroatoms. The third kappa shape index (κ3) is 2.42. The Labute approximate surface area is 73.1 Å². The van der Waals surface area contributed by atoms with Gasteiger partial charge in [-0.25, -0.2) is 0 Å². The van der Waals surface area contributed by atoms with E-state index in [4.69, 9.17) is 0 Å². The molecule has 1 fully saturated rings. The van der Waals surface area contributed by atoms with E-state index in [-0.39, 0.29) is 12.8 Å². The number of carbonyl (C=O) groups is 1. The van der Waals surface area contributed by atoms with Gasteiger partial charge in [0.25, 0.3) is 0 Å². The molecule has 1 aliphatic carbocycles. The number of halogens is 4. The molecule has 0 unspecified atom stereocenters. The summed E-state index contributed by atoms with van der Waals surface area (Å²) in [6.45, 7) is 0. The third-order valence-electron chi connectivity index (χ3n) is 2.48. The van der Waals surface area contributed by atoms with Crippen molar-refractivity contribution in [1.29, 1.82) is 0 Å². The van der Waals surface area contributed by atoms with Gasteiger partial charge in [0.1, 0.15) is 0 Å². The zero-order valence-corrected chi connectivity index (χ0v) is 6.90. The maximum Gasteiger partial charge on any atom is 0.392 e. The lowest BCUT2D eigenvalue weighted by Gasteiger charge is -2.29. The molecule has 0 spiro atoms. The minimum Gasteiger partial charge on any atom is -0.261 e. The van der Waals surface area contributed by atoms with Crippen LogP contribution in [0, 0.1) is 11.8 Å². The largest absolute Gasteiger partial charge is 0.392 e. The second kappa shape index (κ2) is 3.64. The fourth-order valence-corrected chi connectivity index (χ4v) is 1.79. The molecule has 0 saturated heterocycles. The predicted octanol–water partition coefficient (Wildman–Crippen LogP) is 2.85. The van der Waals surface area contributed by atoms with Crippen molar-refractivity contribution in [2.24, 2.45) is 11.8 Å². The minimum atomic E-state index is -4.44. The highest BCUT2D eigenvalue weighted by molar-refractivity contribution is 5.71. The molecule has 13 heavy (non-hydrogen) atoms.